The molecular formula is C17H27IN6O. The number of guanidine groups is 1. The quantitative estimate of drug-likeness (QED) is 0.409. The summed E-state index contributed by atoms with van der Waals surface area (Å²) < 4.78 is 7.44. The predicted octanol–water partition coefficient (Wildman–Crippen LogP) is 2.35. The van der Waals surface area contributed by atoms with Crippen molar-refractivity contribution < 1.29 is 4.74 Å². The average molecular weight is 458 g/mol. The summed E-state index contributed by atoms with van der Waals surface area (Å²) in [4.78, 5) is 6.40. The van der Waals surface area contributed by atoms with E-state index < -0.39 is 0 Å². The number of hydrogen-bond acceptors (Lipinski definition) is 4. The highest BCUT2D eigenvalue weighted by Gasteiger charge is 2.09. The lowest BCUT2D eigenvalue weighted by atomic mass is 10.2. The van der Waals surface area contributed by atoms with Gasteiger partial charge in [-0.05, 0) is 31.5 Å². The van der Waals surface area contributed by atoms with Crippen LogP contribution in [0.2, 0.25) is 0 Å². The van der Waals surface area contributed by atoms with Gasteiger partial charge in [0.25, 0.3) is 0 Å². The highest BCUT2D eigenvalue weighted by Crippen LogP contribution is 2.13. The molecule has 0 aliphatic heterocycles. The molecule has 1 aromatic heterocycles. The number of aliphatic imine (C=N–C) groups is 1. The Kier molecular flexibility index (Phi) is 8.67. The Labute approximate surface area is 166 Å². The summed E-state index contributed by atoms with van der Waals surface area (Å²) in [6.07, 6.45) is 0. The highest BCUT2D eigenvalue weighted by molar-refractivity contribution is 14.0. The standard InChI is InChI=1S/C17H26N6O.HI/c1-6-24-15-9-7-14(8-10-15)12-22(4)17(18-3)19-11-16-21-20-13(2)23(16)5;/h7-10H,6,11-12H2,1-5H3,(H,18,19);1H. The van der Waals surface area contributed by atoms with E-state index in [0.717, 1.165) is 29.9 Å². The predicted molar refractivity (Wildman–Crippen MR) is 110 cm³/mol. The van der Waals surface area contributed by atoms with Crippen LogP contribution in [0.5, 0.6) is 5.75 Å². The fraction of sp³-hybridized carbons (Fsp3) is 0.471. The molecule has 0 saturated carbocycles. The molecular weight excluding hydrogens is 431 g/mol. The zero-order valence-corrected chi connectivity index (χ0v) is 17.8. The fourth-order valence-corrected chi connectivity index (χ4v) is 2.35. The van der Waals surface area contributed by atoms with Gasteiger partial charge in [-0.2, -0.15) is 0 Å². The lowest BCUT2D eigenvalue weighted by Crippen LogP contribution is -2.38. The van der Waals surface area contributed by atoms with Gasteiger partial charge in [0.1, 0.15) is 11.6 Å². The molecule has 0 unspecified atom stereocenters. The molecule has 0 bridgehead atoms. The van der Waals surface area contributed by atoms with Crippen molar-refractivity contribution in [3.05, 3.63) is 41.5 Å². The van der Waals surface area contributed by atoms with E-state index in [0.29, 0.717) is 13.2 Å². The van der Waals surface area contributed by atoms with Crippen molar-refractivity contribution in [1.82, 2.24) is 25.0 Å². The lowest BCUT2D eigenvalue weighted by molar-refractivity contribution is 0.340. The first-order valence-electron chi connectivity index (χ1n) is 8.03. The molecule has 1 N–H and O–H groups in total. The van der Waals surface area contributed by atoms with E-state index in [9.17, 15) is 0 Å². The fourth-order valence-electron chi connectivity index (χ4n) is 2.35. The first-order valence-corrected chi connectivity index (χ1v) is 8.03. The largest absolute Gasteiger partial charge is 0.494 e. The van der Waals surface area contributed by atoms with Crippen LogP contribution in [0.4, 0.5) is 0 Å². The van der Waals surface area contributed by atoms with Crippen LogP contribution in [0.25, 0.3) is 0 Å². The molecule has 0 aliphatic rings. The second kappa shape index (κ2) is 10.2. The van der Waals surface area contributed by atoms with Gasteiger partial charge in [-0.3, -0.25) is 4.99 Å². The first-order chi connectivity index (χ1) is 11.5. The van der Waals surface area contributed by atoms with Crippen LogP contribution < -0.4 is 10.1 Å². The van der Waals surface area contributed by atoms with Crippen molar-refractivity contribution in [2.45, 2.75) is 26.9 Å². The number of nitrogens with one attached hydrogen (secondary N) is 1. The first kappa shape index (κ1) is 21.2. The maximum absolute atomic E-state index is 5.47. The van der Waals surface area contributed by atoms with Crippen molar-refractivity contribution in [1.29, 1.82) is 0 Å². The maximum Gasteiger partial charge on any atom is 0.194 e. The molecule has 138 valence electrons. The summed E-state index contributed by atoms with van der Waals surface area (Å²) in [6.45, 7) is 5.93. The number of nitrogens with zero attached hydrogens (tertiary/aromatic N) is 5. The average Bonchev–Trinajstić information content (AvgIpc) is 2.89. The van der Waals surface area contributed by atoms with Crippen LogP contribution in [0.3, 0.4) is 0 Å². The molecule has 0 saturated heterocycles. The summed E-state index contributed by atoms with van der Waals surface area (Å²) in [7, 11) is 5.74. The van der Waals surface area contributed by atoms with Crippen molar-refractivity contribution in [2.24, 2.45) is 12.0 Å². The van der Waals surface area contributed by atoms with Gasteiger partial charge < -0.3 is 19.5 Å². The number of rotatable bonds is 6. The molecule has 2 rings (SSSR count). The van der Waals surface area contributed by atoms with Gasteiger partial charge in [0, 0.05) is 27.7 Å². The monoisotopic (exact) mass is 458 g/mol. The molecule has 0 atom stereocenters. The van der Waals surface area contributed by atoms with Gasteiger partial charge in [-0.1, -0.05) is 12.1 Å². The summed E-state index contributed by atoms with van der Waals surface area (Å²) in [6, 6.07) is 8.12. The van der Waals surface area contributed by atoms with Crippen LogP contribution in [0.15, 0.2) is 29.3 Å². The van der Waals surface area contributed by atoms with E-state index >= 15 is 0 Å². The number of hydrogen-bond donors (Lipinski definition) is 1. The Morgan fingerprint density at radius 1 is 1.28 bits per heavy atom. The molecule has 1 heterocycles. The van der Waals surface area contributed by atoms with Crippen LogP contribution in [-0.2, 0) is 20.1 Å². The molecule has 1 aromatic carbocycles. The second-order valence-electron chi connectivity index (χ2n) is 5.56. The summed E-state index contributed by atoms with van der Waals surface area (Å²) >= 11 is 0. The zero-order valence-electron chi connectivity index (χ0n) is 15.5. The van der Waals surface area contributed by atoms with Crippen LogP contribution in [-0.4, -0.2) is 46.3 Å². The third-order valence-electron chi connectivity index (χ3n) is 3.81. The van der Waals surface area contributed by atoms with E-state index in [-0.39, 0.29) is 24.0 Å². The maximum atomic E-state index is 5.47. The normalized spacial score (nSPS) is 11.0. The molecule has 2 aromatic rings. The third kappa shape index (κ3) is 5.87. The van der Waals surface area contributed by atoms with Crippen LogP contribution >= 0.6 is 24.0 Å². The van der Waals surface area contributed by atoms with Gasteiger partial charge >= 0.3 is 0 Å². The number of ether oxygens (including phenoxy) is 1. The number of aryl methyl sites for hydroxylation is 1. The van der Waals surface area contributed by atoms with E-state index in [1.807, 2.05) is 44.6 Å². The van der Waals surface area contributed by atoms with E-state index in [4.69, 9.17) is 4.74 Å². The Morgan fingerprint density at radius 2 is 1.96 bits per heavy atom. The van der Waals surface area contributed by atoms with E-state index in [2.05, 4.69) is 37.5 Å². The van der Waals surface area contributed by atoms with E-state index in [1.54, 1.807) is 7.05 Å². The molecule has 0 radical (unpaired) electrons. The molecule has 25 heavy (non-hydrogen) atoms. The Bertz CT molecular complexity index is 683. The molecule has 8 heteroatoms. The van der Waals surface area contributed by atoms with Crippen molar-refractivity contribution >= 4 is 29.9 Å². The number of halogens is 1. The highest BCUT2D eigenvalue weighted by atomic mass is 127. The SMILES string of the molecule is CCOc1ccc(CN(C)C(=NC)NCc2nnc(C)n2C)cc1.I. The molecule has 0 aliphatic carbocycles. The van der Waals surface area contributed by atoms with Crippen molar-refractivity contribution in [3.8, 4) is 5.75 Å². The number of benzene rings is 1. The zero-order chi connectivity index (χ0) is 17.5. The second-order valence-corrected chi connectivity index (χ2v) is 5.56. The van der Waals surface area contributed by atoms with E-state index in [1.165, 1.54) is 5.56 Å². The van der Waals surface area contributed by atoms with Crippen molar-refractivity contribution in [3.63, 3.8) is 0 Å². The Balaban J connectivity index is 0.00000312. The summed E-state index contributed by atoms with van der Waals surface area (Å²) in [5.41, 5.74) is 1.19. The van der Waals surface area contributed by atoms with Gasteiger partial charge in [0.2, 0.25) is 0 Å². The molecule has 0 fully saturated rings. The topological polar surface area (TPSA) is 67.6 Å². The van der Waals surface area contributed by atoms with Crippen LogP contribution in [0.1, 0.15) is 24.1 Å². The van der Waals surface area contributed by atoms with Crippen molar-refractivity contribution in [2.75, 3.05) is 20.7 Å². The van der Waals surface area contributed by atoms with Gasteiger partial charge in [0.05, 0.1) is 13.2 Å². The minimum Gasteiger partial charge on any atom is -0.494 e. The minimum atomic E-state index is 0. The van der Waals surface area contributed by atoms with Gasteiger partial charge in [-0.15, -0.1) is 34.2 Å². The molecule has 0 amide bonds. The Hall–Kier alpha value is -1.84. The summed E-state index contributed by atoms with van der Waals surface area (Å²) in [5.74, 6) is 3.47. The molecule has 0 spiro atoms. The number of aromatic nitrogens is 3. The Morgan fingerprint density at radius 3 is 2.48 bits per heavy atom. The van der Waals surface area contributed by atoms with Gasteiger partial charge in [0.15, 0.2) is 11.8 Å². The lowest BCUT2D eigenvalue weighted by Gasteiger charge is -2.22. The molecule has 7 nitrogen and oxygen atoms in total. The third-order valence-corrected chi connectivity index (χ3v) is 3.81. The summed E-state index contributed by atoms with van der Waals surface area (Å²) in [5, 5.41) is 11.5. The van der Waals surface area contributed by atoms with Crippen LogP contribution in [0, 0.1) is 6.92 Å². The minimum absolute atomic E-state index is 0. The van der Waals surface area contributed by atoms with Gasteiger partial charge in [-0.25, -0.2) is 0 Å². The smallest absolute Gasteiger partial charge is 0.194 e.